The van der Waals surface area contributed by atoms with Crippen molar-refractivity contribution >= 4 is 17.6 Å². The number of halogens is 2. The van der Waals surface area contributed by atoms with Crippen LogP contribution in [0.5, 0.6) is 0 Å². The lowest BCUT2D eigenvalue weighted by Crippen LogP contribution is -2.07. The number of aryl methyl sites for hydroxylation is 1. The Labute approximate surface area is 127 Å². The van der Waals surface area contributed by atoms with Crippen LogP contribution in [0, 0.1) is 25.5 Å². The van der Waals surface area contributed by atoms with E-state index in [2.05, 4.69) is 22.2 Å². The molecule has 2 aromatic rings. The van der Waals surface area contributed by atoms with Crippen molar-refractivity contribution in [3.05, 3.63) is 41.2 Å². The van der Waals surface area contributed by atoms with Crippen molar-refractivity contribution in [2.45, 2.75) is 37.1 Å². The Kier molecular flexibility index (Phi) is 5.12. The molecule has 0 aliphatic heterocycles. The summed E-state index contributed by atoms with van der Waals surface area (Å²) in [6, 6.07) is 3.40. The summed E-state index contributed by atoms with van der Waals surface area (Å²) in [6.45, 7) is 6.52. The summed E-state index contributed by atoms with van der Waals surface area (Å²) in [5.41, 5.74) is 0.836. The van der Waals surface area contributed by atoms with Gasteiger partial charge in [0.15, 0.2) is 0 Å². The van der Waals surface area contributed by atoms with Gasteiger partial charge in [-0.3, -0.25) is 0 Å². The van der Waals surface area contributed by atoms with Crippen molar-refractivity contribution in [1.82, 2.24) is 9.97 Å². The fourth-order valence-corrected chi connectivity index (χ4v) is 2.75. The molecule has 0 spiro atoms. The number of nitrogens with one attached hydrogen (secondary N) is 1. The molecule has 0 saturated carbocycles. The van der Waals surface area contributed by atoms with Crippen LogP contribution in [-0.2, 0) is 0 Å². The van der Waals surface area contributed by atoms with Crippen LogP contribution in [0.2, 0.25) is 0 Å². The first-order valence-corrected chi connectivity index (χ1v) is 7.55. The highest BCUT2D eigenvalue weighted by atomic mass is 32.2. The molecular weight excluding hydrogens is 292 g/mol. The molecule has 0 aliphatic rings. The van der Waals surface area contributed by atoms with Gasteiger partial charge in [-0.25, -0.2) is 18.7 Å². The molecule has 0 amide bonds. The lowest BCUT2D eigenvalue weighted by molar-refractivity contribution is 0.577. The second-order valence-electron chi connectivity index (χ2n) is 4.65. The first-order valence-electron chi connectivity index (χ1n) is 6.73. The minimum absolute atomic E-state index is 0.220. The highest BCUT2D eigenvalue weighted by molar-refractivity contribution is 7.99. The van der Waals surface area contributed by atoms with E-state index in [-0.39, 0.29) is 4.90 Å². The Morgan fingerprint density at radius 3 is 2.67 bits per heavy atom. The maximum Gasteiger partial charge on any atom is 0.137 e. The van der Waals surface area contributed by atoms with Crippen molar-refractivity contribution in [3.63, 3.8) is 0 Å². The summed E-state index contributed by atoms with van der Waals surface area (Å²) < 4.78 is 27.0. The van der Waals surface area contributed by atoms with Gasteiger partial charge in [-0.15, -0.1) is 0 Å². The number of anilines is 1. The van der Waals surface area contributed by atoms with Crippen LogP contribution in [0.1, 0.15) is 24.7 Å². The van der Waals surface area contributed by atoms with Gasteiger partial charge in [0.2, 0.25) is 0 Å². The molecular formula is C15H17F2N3S. The molecule has 0 atom stereocenters. The molecule has 1 heterocycles. The molecule has 0 fully saturated rings. The Balaban J connectivity index is 2.35. The fraction of sp³-hybridized carbons (Fsp3) is 0.333. The number of benzene rings is 1. The van der Waals surface area contributed by atoms with Crippen LogP contribution in [0.15, 0.2) is 28.1 Å². The Bertz CT molecular complexity index is 647. The van der Waals surface area contributed by atoms with Gasteiger partial charge in [-0.05, 0) is 38.5 Å². The van der Waals surface area contributed by atoms with Gasteiger partial charge in [-0.2, -0.15) is 0 Å². The Morgan fingerprint density at radius 2 is 1.95 bits per heavy atom. The standard InChI is InChI=1S/C15H17F2N3S/c1-4-7-18-14-9(2)15(20-10(3)19-14)21-13-8-11(16)5-6-12(13)17/h5-6,8H,4,7H2,1-3H3,(H,18,19,20). The highest BCUT2D eigenvalue weighted by Crippen LogP contribution is 2.33. The molecule has 0 saturated heterocycles. The normalized spacial score (nSPS) is 10.7. The molecule has 3 nitrogen and oxygen atoms in total. The number of aromatic nitrogens is 2. The zero-order valence-electron chi connectivity index (χ0n) is 12.2. The largest absolute Gasteiger partial charge is 0.370 e. The first kappa shape index (κ1) is 15.7. The topological polar surface area (TPSA) is 37.8 Å². The van der Waals surface area contributed by atoms with Gasteiger partial charge in [-0.1, -0.05) is 18.7 Å². The van der Waals surface area contributed by atoms with E-state index in [4.69, 9.17) is 0 Å². The second kappa shape index (κ2) is 6.85. The van der Waals surface area contributed by atoms with Crippen LogP contribution in [-0.4, -0.2) is 16.5 Å². The van der Waals surface area contributed by atoms with Crippen molar-refractivity contribution < 1.29 is 8.78 Å². The number of hydrogen-bond donors (Lipinski definition) is 1. The molecule has 2 rings (SSSR count). The third-order valence-electron chi connectivity index (χ3n) is 2.86. The van der Waals surface area contributed by atoms with E-state index in [0.717, 1.165) is 48.2 Å². The molecule has 0 unspecified atom stereocenters. The summed E-state index contributed by atoms with van der Waals surface area (Å²) in [6.07, 6.45) is 0.976. The summed E-state index contributed by atoms with van der Waals surface area (Å²) in [4.78, 5) is 8.90. The number of rotatable bonds is 5. The summed E-state index contributed by atoms with van der Waals surface area (Å²) in [5.74, 6) is 0.411. The van der Waals surface area contributed by atoms with Crippen molar-refractivity contribution in [2.24, 2.45) is 0 Å². The van der Waals surface area contributed by atoms with Crippen molar-refractivity contribution in [2.75, 3.05) is 11.9 Å². The van der Waals surface area contributed by atoms with E-state index in [1.165, 1.54) is 6.07 Å². The average molecular weight is 309 g/mol. The summed E-state index contributed by atoms with van der Waals surface area (Å²) in [5, 5.41) is 3.85. The Hall–Kier alpha value is -1.69. The van der Waals surface area contributed by atoms with E-state index >= 15 is 0 Å². The van der Waals surface area contributed by atoms with Crippen LogP contribution >= 0.6 is 11.8 Å². The van der Waals surface area contributed by atoms with E-state index < -0.39 is 11.6 Å². The fourth-order valence-electron chi connectivity index (χ4n) is 1.78. The maximum absolute atomic E-state index is 13.7. The van der Waals surface area contributed by atoms with Gasteiger partial charge in [0.1, 0.15) is 28.3 Å². The molecule has 112 valence electrons. The molecule has 1 aromatic carbocycles. The highest BCUT2D eigenvalue weighted by Gasteiger charge is 2.13. The Morgan fingerprint density at radius 1 is 1.19 bits per heavy atom. The lowest BCUT2D eigenvalue weighted by atomic mass is 10.3. The first-order chi connectivity index (χ1) is 10.0. The smallest absolute Gasteiger partial charge is 0.137 e. The third kappa shape index (κ3) is 3.91. The van der Waals surface area contributed by atoms with Gasteiger partial charge < -0.3 is 5.32 Å². The minimum Gasteiger partial charge on any atom is -0.370 e. The lowest BCUT2D eigenvalue weighted by Gasteiger charge is -2.12. The maximum atomic E-state index is 13.7. The van der Waals surface area contributed by atoms with Crippen LogP contribution < -0.4 is 5.32 Å². The zero-order chi connectivity index (χ0) is 15.4. The van der Waals surface area contributed by atoms with E-state index in [0.29, 0.717) is 10.9 Å². The van der Waals surface area contributed by atoms with Crippen molar-refractivity contribution in [3.8, 4) is 0 Å². The van der Waals surface area contributed by atoms with E-state index in [1.54, 1.807) is 6.92 Å². The molecule has 0 bridgehead atoms. The predicted molar refractivity (Wildman–Crippen MR) is 80.8 cm³/mol. The molecule has 0 radical (unpaired) electrons. The molecule has 21 heavy (non-hydrogen) atoms. The van der Waals surface area contributed by atoms with Gasteiger partial charge >= 0.3 is 0 Å². The number of hydrogen-bond acceptors (Lipinski definition) is 4. The molecule has 6 heteroatoms. The van der Waals surface area contributed by atoms with Gasteiger partial charge in [0.05, 0.1) is 4.90 Å². The van der Waals surface area contributed by atoms with E-state index in [9.17, 15) is 8.78 Å². The third-order valence-corrected chi connectivity index (χ3v) is 3.98. The monoisotopic (exact) mass is 309 g/mol. The van der Waals surface area contributed by atoms with Crippen molar-refractivity contribution in [1.29, 1.82) is 0 Å². The molecule has 1 aromatic heterocycles. The van der Waals surface area contributed by atoms with Crippen LogP contribution in [0.4, 0.5) is 14.6 Å². The zero-order valence-corrected chi connectivity index (χ0v) is 13.0. The number of nitrogens with zero attached hydrogens (tertiary/aromatic N) is 2. The molecule has 1 N–H and O–H groups in total. The van der Waals surface area contributed by atoms with E-state index in [1.807, 2.05) is 6.92 Å². The van der Waals surface area contributed by atoms with Gasteiger partial charge in [0.25, 0.3) is 0 Å². The summed E-state index contributed by atoms with van der Waals surface area (Å²) >= 11 is 1.11. The summed E-state index contributed by atoms with van der Waals surface area (Å²) in [7, 11) is 0. The average Bonchev–Trinajstić information content (AvgIpc) is 2.44. The molecule has 0 aliphatic carbocycles. The SMILES string of the molecule is CCCNc1nc(C)nc(Sc2cc(F)ccc2F)c1C. The minimum atomic E-state index is -0.466. The van der Waals surface area contributed by atoms with Gasteiger partial charge in [0, 0.05) is 12.1 Å². The quantitative estimate of drug-likeness (QED) is 0.834. The van der Waals surface area contributed by atoms with Crippen LogP contribution in [0.25, 0.3) is 0 Å². The second-order valence-corrected chi connectivity index (χ2v) is 5.68. The predicted octanol–water partition coefficient (Wildman–Crippen LogP) is 4.34. The van der Waals surface area contributed by atoms with Crippen LogP contribution in [0.3, 0.4) is 0 Å².